The Morgan fingerprint density at radius 1 is 0.667 bits per heavy atom. The van der Waals surface area contributed by atoms with Crippen molar-refractivity contribution in [3.63, 3.8) is 0 Å². The third kappa shape index (κ3) is 9.83. The fraction of sp³-hybridized carbons (Fsp3) is 1.00. The van der Waals surface area contributed by atoms with Crippen molar-refractivity contribution >= 4 is 0 Å². The highest BCUT2D eigenvalue weighted by Gasteiger charge is 2.18. The van der Waals surface area contributed by atoms with E-state index in [9.17, 15) is 0 Å². The molecular formula is C14H30O4. The van der Waals surface area contributed by atoms with E-state index in [1.807, 2.05) is 0 Å². The van der Waals surface area contributed by atoms with Crippen molar-refractivity contribution in [3.8, 4) is 0 Å². The zero-order valence-corrected chi connectivity index (χ0v) is 12.4. The van der Waals surface area contributed by atoms with Crippen LogP contribution < -0.4 is 0 Å². The Kier molecular flexibility index (Phi) is 8.78. The molecule has 0 unspecified atom stereocenters. The maximum atomic E-state index is 8.89. The molecule has 0 saturated heterocycles. The molecule has 0 spiro atoms. The summed E-state index contributed by atoms with van der Waals surface area (Å²) in [6.45, 7) is 9.95. The van der Waals surface area contributed by atoms with E-state index < -0.39 is 0 Å². The lowest BCUT2D eigenvalue weighted by Crippen LogP contribution is -2.18. The highest BCUT2D eigenvalue weighted by atomic mass is 17.2. The molecule has 0 aliphatic rings. The van der Waals surface area contributed by atoms with Crippen LogP contribution >= 0.6 is 0 Å². The van der Waals surface area contributed by atoms with Crippen LogP contribution in [0, 0.1) is 10.8 Å². The second-order valence-electron chi connectivity index (χ2n) is 6.42. The van der Waals surface area contributed by atoms with E-state index >= 15 is 0 Å². The van der Waals surface area contributed by atoms with Gasteiger partial charge in [-0.1, -0.05) is 27.7 Å². The van der Waals surface area contributed by atoms with Gasteiger partial charge in [0.05, 0.1) is 13.2 Å². The number of hydrogen-bond acceptors (Lipinski definition) is 4. The maximum absolute atomic E-state index is 8.89. The van der Waals surface area contributed by atoms with E-state index in [2.05, 4.69) is 27.7 Å². The second kappa shape index (κ2) is 8.86. The number of hydrogen-bond donors (Lipinski definition) is 2. The van der Waals surface area contributed by atoms with Gasteiger partial charge >= 0.3 is 0 Å². The van der Waals surface area contributed by atoms with E-state index in [4.69, 9.17) is 20.0 Å². The predicted molar refractivity (Wildman–Crippen MR) is 72.1 cm³/mol. The molecule has 0 aliphatic carbocycles. The molecule has 2 N–H and O–H groups in total. The SMILES string of the molecule is CC(C)(CCO)CCOOCCC(C)(C)CCO. The quantitative estimate of drug-likeness (QED) is 0.341. The topological polar surface area (TPSA) is 58.9 Å². The zero-order valence-electron chi connectivity index (χ0n) is 12.4. The Labute approximate surface area is 111 Å². The molecule has 110 valence electrons. The van der Waals surface area contributed by atoms with Crippen molar-refractivity contribution in [1.82, 2.24) is 0 Å². The molecule has 4 nitrogen and oxygen atoms in total. The first-order valence-corrected chi connectivity index (χ1v) is 6.79. The highest BCUT2D eigenvalue weighted by Crippen LogP contribution is 2.25. The molecule has 0 aliphatic heterocycles. The van der Waals surface area contributed by atoms with E-state index in [1.54, 1.807) is 0 Å². The summed E-state index contributed by atoms with van der Waals surface area (Å²) in [4.78, 5) is 10.3. The van der Waals surface area contributed by atoms with Crippen molar-refractivity contribution in [2.24, 2.45) is 10.8 Å². The fourth-order valence-corrected chi connectivity index (χ4v) is 1.61. The maximum Gasteiger partial charge on any atom is 0.0827 e. The highest BCUT2D eigenvalue weighted by molar-refractivity contribution is 4.68. The van der Waals surface area contributed by atoms with Gasteiger partial charge in [0, 0.05) is 13.2 Å². The number of rotatable bonds is 11. The van der Waals surface area contributed by atoms with Crippen LogP contribution in [0.1, 0.15) is 53.4 Å². The molecule has 0 heterocycles. The van der Waals surface area contributed by atoms with Crippen LogP contribution in [-0.4, -0.2) is 36.6 Å². The third-order valence-electron chi connectivity index (χ3n) is 3.38. The Bertz CT molecular complexity index is 180. The summed E-state index contributed by atoms with van der Waals surface area (Å²) >= 11 is 0. The summed E-state index contributed by atoms with van der Waals surface area (Å²) in [5.41, 5.74) is 0.183. The molecular weight excluding hydrogens is 232 g/mol. The minimum absolute atomic E-state index is 0.0915. The first-order chi connectivity index (χ1) is 8.33. The van der Waals surface area contributed by atoms with Gasteiger partial charge in [-0.15, -0.1) is 0 Å². The van der Waals surface area contributed by atoms with Crippen LogP contribution in [0.3, 0.4) is 0 Å². The molecule has 0 saturated carbocycles. The fourth-order valence-electron chi connectivity index (χ4n) is 1.61. The molecule has 0 atom stereocenters. The smallest absolute Gasteiger partial charge is 0.0827 e. The van der Waals surface area contributed by atoms with Crippen molar-refractivity contribution < 1.29 is 20.0 Å². The molecule has 0 aromatic carbocycles. The molecule has 0 rings (SSSR count). The van der Waals surface area contributed by atoms with Gasteiger partial charge in [-0.3, -0.25) is 0 Å². The van der Waals surface area contributed by atoms with Crippen molar-refractivity contribution in [1.29, 1.82) is 0 Å². The zero-order chi connectivity index (χ0) is 14.1. The van der Waals surface area contributed by atoms with Gasteiger partial charge in [-0.05, 0) is 36.5 Å². The van der Waals surface area contributed by atoms with Crippen LogP contribution in [0.15, 0.2) is 0 Å². The Hall–Kier alpha value is -0.160. The first kappa shape index (κ1) is 17.8. The van der Waals surface area contributed by atoms with Crippen LogP contribution in [0.5, 0.6) is 0 Å². The second-order valence-corrected chi connectivity index (χ2v) is 6.42. The lowest BCUT2D eigenvalue weighted by Gasteiger charge is -2.24. The lowest BCUT2D eigenvalue weighted by atomic mass is 9.86. The largest absolute Gasteiger partial charge is 0.396 e. The molecule has 0 aromatic heterocycles. The van der Waals surface area contributed by atoms with Crippen LogP contribution in [-0.2, 0) is 9.78 Å². The summed E-state index contributed by atoms with van der Waals surface area (Å²) in [5, 5.41) is 17.8. The average Bonchev–Trinajstić information content (AvgIpc) is 2.22. The predicted octanol–water partition coefficient (Wildman–Crippen LogP) is 2.53. The summed E-state index contributed by atoms with van der Waals surface area (Å²) in [7, 11) is 0. The number of aliphatic hydroxyl groups is 2. The first-order valence-electron chi connectivity index (χ1n) is 6.79. The monoisotopic (exact) mass is 262 g/mol. The number of aliphatic hydroxyl groups excluding tert-OH is 2. The van der Waals surface area contributed by atoms with Gasteiger partial charge in [0.15, 0.2) is 0 Å². The molecule has 0 fully saturated rings. The Balaban J connectivity index is 3.52. The molecule has 0 radical (unpaired) electrons. The molecule has 0 amide bonds. The van der Waals surface area contributed by atoms with Gasteiger partial charge in [-0.25, -0.2) is 9.78 Å². The summed E-state index contributed by atoms with van der Waals surface area (Å²) < 4.78 is 0. The van der Waals surface area contributed by atoms with E-state index in [0.717, 1.165) is 25.7 Å². The van der Waals surface area contributed by atoms with Gasteiger partial charge in [0.25, 0.3) is 0 Å². The Morgan fingerprint density at radius 2 is 1.00 bits per heavy atom. The summed E-state index contributed by atoms with van der Waals surface area (Å²) in [6.07, 6.45) is 3.29. The van der Waals surface area contributed by atoms with Gasteiger partial charge in [0.2, 0.25) is 0 Å². The molecule has 0 bridgehead atoms. The normalized spacial score (nSPS) is 13.0. The molecule has 0 aromatic rings. The minimum Gasteiger partial charge on any atom is -0.396 e. The average molecular weight is 262 g/mol. The van der Waals surface area contributed by atoms with Crippen molar-refractivity contribution in [3.05, 3.63) is 0 Å². The van der Waals surface area contributed by atoms with Crippen LogP contribution in [0.25, 0.3) is 0 Å². The van der Waals surface area contributed by atoms with Crippen molar-refractivity contribution in [2.75, 3.05) is 26.4 Å². The minimum atomic E-state index is 0.0915. The molecule has 18 heavy (non-hydrogen) atoms. The van der Waals surface area contributed by atoms with Crippen LogP contribution in [0.4, 0.5) is 0 Å². The molecule has 4 heteroatoms. The Morgan fingerprint density at radius 3 is 1.28 bits per heavy atom. The van der Waals surface area contributed by atoms with E-state index in [-0.39, 0.29) is 24.0 Å². The van der Waals surface area contributed by atoms with Crippen LogP contribution in [0.2, 0.25) is 0 Å². The van der Waals surface area contributed by atoms with Gasteiger partial charge in [0.1, 0.15) is 0 Å². The van der Waals surface area contributed by atoms with Gasteiger partial charge < -0.3 is 10.2 Å². The van der Waals surface area contributed by atoms with Crippen molar-refractivity contribution in [2.45, 2.75) is 53.4 Å². The summed E-state index contributed by atoms with van der Waals surface area (Å²) in [6, 6.07) is 0. The van der Waals surface area contributed by atoms with Gasteiger partial charge in [-0.2, -0.15) is 0 Å². The van der Waals surface area contributed by atoms with E-state index in [0.29, 0.717) is 13.2 Å². The summed E-state index contributed by atoms with van der Waals surface area (Å²) in [5.74, 6) is 0. The standard InChI is InChI=1S/C14H30O4/c1-13(2,5-9-15)7-11-17-18-12-8-14(3,4)6-10-16/h15-16H,5-12H2,1-4H3. The lowest BCUT2D eigenvalue weighted by molar-refractivity contribution is -0.300. The van der Waals surface area contributed by atoms with E-state index in [1.165, 1.54) is 0 Å². The third-order valence-corrected chi connectivity index (χ3v) is 3.38.